The summed E-state index contributed by atoms with van der Waals surface area (Å²) in [7, 11) is 0. The van der Waals surface area contributed by atoms with Crippen LogP contribution in [0.5, 0.6) is 0 Å². The fraction of sp³-hybridized carbons (Fsp3) is 0.300. The summed E-state index contributed by atoms with van der Waals surface area (Å²) in [5.41, 5.74) is 1.33. The summed E-state index contributed by atoms with van der Waals surface area (Å²) < 4.78 is 0. The first-order chi connectivity index (χ1) is 6.56. The van der Waals surface area contributed by atoms with E-state index in [1.807, 2.05) is 6.92 Å². The molecule has 0 radical (unpaired) electrons. The Kier molecular flexibility index (Phi) is 2.96. The predicted octanol–water partition coefficient (Wildman–Crippen LogP) is 2.36. The fourth-order valence-electron chi connectivity index (χ4n) is 1.33. The van der Waals surface area contributed by atoms with Crippen molar-refractivity contribution >= 4 is 11.5 Å². The minimum Gasteiger partial charge on any atom is -0.295 e. The second-order valence-electron chi connectivity index (χ2n) is 3.01. The zero-order chi connectivity index (χ0) is 10.7. The Balaban J connectivity index is 3.25. The third-order valence-corrected chi connectivity index (χ3v) is 2.06. The zero-order valence-electron chi connectivity index (χ0n) is 8.11. The standard InChI is InChI=1S/C10H11NO3/c1-3-8-6-9(11(13)14)4-5-10(8)7(2)12/h4-6H,3H2,1-2H3. The molecule has 0 aliphatic heterocycles. The molecular formula is C10H11NO3. The molecule has 0 saturated heterocycles. The van der Waals surface area contributed by atoms with Crippen molar-refractivity contribution in [1.82, 2.24) is 0 Å². The second kappa shape index (κ2) is 4.00. The van der Waals surface area contributed by atoms with Crippen LogP contribution in [0.15, 0.2) is 18.2 Å². The molecule has 0 aromatic heterocycles. The van der Waals surface area contributed by atoms with E-state index < -0.39 is 4.92 Å². The third kappa shape index (κ3) is 1.96. The van der Waals surface area contributed by atoms with E-state index in [1.165, 1.54) is 25.1 Å². The highest BCUT2D eigenvalue weighted by atomic mass is 16.6. The largest absolute Gasteiger partial charge is 0.295 e. The number of non-ortho nitro benzene ring substituents is 1. The van der Waals surface area contributed by atoms with Crippen LogP contribution in [0.3, 0.4) is 0 Å². The highest BCUT2D eigenvalue weighted by molar-refractivity contribution is 5.95. The lowest BCUT2D eigenvalue weighted by atomic mass is 10.0. The van der Waals surface area contributed by atoms with Crippen LogP contribution in [0.25, 0.3) is 0 Å². The number of nitrogens with zero attached hydrogens (tertiary/aromatic N) is 1. The number of rotatable bonds is 3. The first-order valence-electron chi connectivity index (χ1n) is 4.34. The van der Waals surface area contributed by atoms with Gasteiger partial charge in [-0.25, -0.2) is 0 Å². The van der Waals surface area contributed by atoms with Gasteiger partial charge in [-0.05, 0) is 25.0 Å². The van der Waals surface area contributed by atoms with E-state index in [9.17, 15) is 14.9 Å². The maximum Gasteiger partial charge on any atom is 0.269 e. The highest BCUT2D eigenvalue weighted by Gasteiger charge is 2.11. The number of benzene rings is 1. The quantitative estimate of drug-likeness (QED) is 0.420. The number of nitro benzene ring substituents is 1. The van der Waals surface area contributed by atoms with Crippen LogP contribution in [0.1, 0.15) is 29.8 Å². The van der Waals surface area contributed by atoms with E-state index >= 15 is 0 Å². The molecule has 0 aliphatic carbocycles. The van der Waals surface area contributed by atoms with E-state index in [0.29, 0.717) is 12.0 Å². The number of Topliss-reactive ketones (excluding diaryl/α,β-unsaturated/α-hetero) is 1. The number of hydrogen-bond donors (Lipinski definition) is 0. The molecule has 1 rings (SSSR count). The molecule has 0 bridgehead atoms. The molecule has 4 heteroatoms. The molecule has 0 heterocycles. The van der Waals surface area contributed by atoms with Crippen LogP contribution in [-0.2, 0) is 6.42 Å². The Bertz CT molecular complexity index is 385. The molecule has 0 atom stereocenters. The Morgan fingerprint density at radius 2 is 2.14 bits per heavy atom. The maximum absolute atomic E-state index is 11.1. The molecule has 0 aliphatic rings. The molecule has 0 spiro atoms. The van der Waals surface area contributed by atoms with Crippen LogP contribution in [0, 0.1) is 10.1 Å². The summed E-state index contributed by atoms with van der Waals surface area (Å²) >= 11 is 0. The smallest absolute Gasteiger partial charge is 0.269 e. The van der Waals surface area contributed by atoms with Gasteiger partial charge in [-0.2, -0.15) is 0 Å². The first-order valence-corrected chi connectivity index (χ1v) is 4.34. The molecule has 14 heavy (non-hydrogen) atoms. The van der Waals surface area contributed by atoms with Crippen molar-refractivity contribution in [1.29, 1.82) is 0 Å². The molecule has 74 valence electrons. The van der Waals surface area contributed by atoms with Crippen molar-refractivity contribution in [3.8, 4) is 0 Å². The lowest BCUT2D eigenvalue weighted by Gasteiger charge is -2.03. The molecule has 0 unspecified atom stereocenters. The summed E-state index contributed by atoms with van der Waals surface area (Å²) in [4.78, 5) is 21.2. The van der Waals surface area contributed by atoms with E-state index in [-0.39, 0.29) is 11.5 Å². The average Bonchev–Trinajstić information content (AvgIpc) is 2.16. The average molecular weight is 193 g/mol. The van der Waals surface area contributed by atoms with Gasteiger partial charge in [0.15, 0.2) is 5.78 Å². The van der Waals surface area contributed by atoms with Crippen LogP contribution in [-0.4, -0.2) is 10.7 Å². The summed E-state index contributed by atoms with van der Waals surface area (Å²) in [5, 5.41) is 10.5. The lowest BCUT2D eigenvalue weighted by molar-refractivity contribution is -0.384. The summed E-state index contributed by atoms with van der Waals surface area (Å²) in [6, 6.07) is 4.33. The van der Waals surface area contributed by atoms with Gasteiger partial charge in [0, 0.05) is 17.7 Å². The summed E-state index contributed by atoms with van der Waals surface area (Å²) in [5.74, 6) is -0.0586. The van der Waals surface area contributed by atoms with Gasteiger partial charge in [0.25, 0.3) is 5.69 Å². The van der Waals surface area contributed by atoms with Gasteiger partial charge in [-0.1, -0.05) is 6.92 Å². The monoisotopic (exact) mass is 193 g/mol. The molecule has 0 amide bonds. The van der Waals surface area contributed by atoms with Crippen molar-refractivity contribution in [3.63, 3.8) is 0 Å². The number of ketones is 1. The van der Waals surface area contributed by atoms with Gasteiger partial charge in [0.2, 0.25) is 0 Å². The summed E-state index contributed by atoms with van der Waals surface area (Å²) in [6.45, 7) is 3.33. The van der Waals surface area contributed by atoms with Crippen molar-refractivity contribution in [2.45, 2.75) is 20.3 Å². The Morgan fingerprint density at radius 1 is 1.50 bits per heavy atom. The van der Waals surface area contributed by atoms with Gasteiger partial charge in [-0.15, -0.1) is 0 Å². The predicted molar refractivity (Wildman–Crippen MR) is 52.5 cm³/mol. The molecule has 0 saturated carbocycles. The van der Waals surface area contributed by atoms with Gasteiger partial charge < -0.3 is 0 Å². The number of aryl methyl sites for hydroxylation is 1. The highest BCUT2D eigenvalue weighted by Crippen LogP contribution is 2.18. The third-order valence-electron chi connectivity index (χ3n) is 2.06. The van der Waals surface area contributed by atoms with Crippen molar-refractivity contribution in [2.75, 3.05) is 0 Å². The molecular weight excluding hydrogens is 182 g/mol. The maximum atomic E-state index is 11.1. The van der Waals surface area contributed by atoms with Gasteiger partial charge in [0.05, 0.1) is 4.92 Å². The minimum absolute atomic E-state index is 0.0341. The minimum atomic E-state index is -0.455. The lowest BCUT2D eigenvalue weighted by Crippen LogP contribution is -2.00. The number of carbonyl (C=O) groups is 1. The first kappa shape index (κ1) is 10.4. The van der Waals surface area contributed by atoms with Crippen molar-refractivity contribution < 1.29 is 9.72 Å². The van der Waals surface area contributed by atoms with E-state index in [1.54, 1.807) is 0 Å². The Hall–Kier alpha value is -1.71. The Morgan fingerprint density at radius 3 is 2.57 bits per heavy atom. The van der Waals surface area contributed by atoms with Gasteiger partial charge >= 0.3 is 0 Å². The van der Waals surface area contributed by atoms with Crippen LogP contribution in [0.2, 0.25) is 0 Å². The molecule has 1 aromatic rings. The van der Waals surface area contributed by atoms with Crippen LogP contribution < -0.4 is 0 Å². The Labute approximate surface area is 81.7 Å². The normalized spacial score (nSPS) is 9.86. The van der Waals surface area contributed by atoms with Crippen molar-refractivity contribution in [3.05, 3.63) is 39.4 Å². The van der Waals surface area contributed by atoms with Gasteiger partial charge in [0.1, 0.15) is 0 Å². The SMILES string of the molecule is CCc1cc([N+](=O)[O-])ccc1C(C)=O. The van der Waals surface area contributed by atoms with Gasteiger partial charge in [-0.3, -0.25) is 14.9 Å². The van der Waals surface area contributed by atoms with Crippen molar-refractivity contribution in [2.24, 2.45) is 0 Å². The van der Waals surface area contributed by atoms with E-state index in [0.717, 1.165) is 5.56 Å². The van der Waals surface area contributed by atoms with Crippen LogP contribution >= 0.6 is 0 Å². The molecule has 0 N–H and O–H groups in total. The summed E-state index contributed by atoms with van der Waals surface area (Å²) in [6.07, 6.45) is 0.622. The zero-order valence-corrected chi connectivity index (χ0v) is 8.11. The molecule has 0 fully saturated rings. The number of hydrogen-bond acceptors (Lipinski definition) is 3. The topological polar surface area (TPSA) is 60.2 Å². The molecule has 1 aromatic carbocycles. The van der Waals surface area contributed by atoms with Crippen LogP contribution in [0.4, 0.5) is 5.69 Å². The van der Waals surface area contributed by atoms with E-state index in [2.05, 4.69) is 0 Å². The fourth-order valence-corrected chi connectivity index (χ4v) is 1.33. The molecule has 4 nitrogen and oxygen atoms in total. The number of nitro groups is 1. The number of carbonyl (C=O) groups excluding carboxylic acids is 1. The second-order valence-corrected chi connectivity index (χ2v) is 3.01. The van der Waals surface area contributed by atoms with E-state index in [4.69, 9.17) is 0 Å².